The van der Waals surface area contributed by atoms with E-state index in [2.05, 4.69) is 25.3 Å². The molecule has 0 aromatic carbocycles. The maximum atomic E-state index is 12.3. The number of amides is 1. The van der Waals surface area contributed by atoms with Crippen LogP contribution in [0.4, 0.5) is 0 Å². The van der Waals surface area contributed by atoms with Crippen molar-refractivity contribution in [1.82, 2.24) is 25.3 Å². The molecule has 1 aliphatic heterocycles. The summed E-state index contributed by atoms with van der Waals surface area (Å²) in [7, 11) is 0. The Hall–Kier alpha value is -1.97. The SMILES string of the molecule is CSc1ncc(C(=O)N[C@@H]2CCN(Cc3c(C)noc3C)C[C@H]2O)cn1. The number of thioether (sulfide) groups is 1. The van der Waals surface area contributed by atoms with Crippen molar-refractivity contribution in [3.05, 3.63) is 35.0 Å². The molecule has 3 rings (SSSR count). The number of hydrogen-bond acceptors (Lipinski definition) is 8. The number of aromatic nitrogens is 3. The van der Waals surface area contributed by atoms with Gasteiger partial charge in [0.2, 0.25) is 0 Å². The number of likely N-dealkylation sites (tertiary alicyclic amines) is 1. The molecule has 1 amide bonds. The second-order valence-electron chi connectivity index (χ2n) is 6.43. The van der Waals surface area contributed by atoms with Gasteiger partial charge in [0.05, 0.1) is 23.4 Å². The van der Waals surface area contributed by atoms with Gasteiger partial charge in [-0.15, -0.1) is 0 Å². The maximum Gasteiger partial charge on any atom is 0.254 e. The van der Waals surface area contributed by atoms with Crippen molar-refractivity contribution in [3.63, 3.8) is 0 Å². The van der Waals surface area contributed by atoms with Crippen molar-refractivity contribution in [2.45, 2.75) is 44.1 Å². The Kier molecular flexibility index (Phi) is 5.90. The summed E-state index contributed by atoms with van der Waals surface area (Å²) in [5.41, 5.74) is 2.33. The van der Waals surface area contributed by atoms with Gasteiger partial charge in [0.15, 0.2) is 5.16 Å². The standard InChI is InChI=1S/C17H23N5O3S/c1-10-13(11(2)25-21-10)8-22-5-4-14(15(23)9-22)20-16(24)12-6-18-17(26-3)19-7-12/h6-7,14-15,23H,4-5,8-9H2,1-3H3,(H,20,24)/t14-,15-/m1/s1. The minimum atomic E-state index is -0.639. The van der Waals surface area contributed by atoms with Crippen LogP contribution in [-0.2, 0) is 6.54 Å². The van der Waals surface area contributed by atoms with Crippen LogP contribution in [0.2, 0.25) is 0 Å². The summed E-state index contributed by atoms with van der Waals surface area (Å²) in [5, 5.41) is 17.9. The number of rotatable bonds is 5. The number of carbonyl (C=O) groups excluding carboxylic acids is 1. The van der Waals surface area contributed by atoms with Crippen molar-refractivity contribution < 1.29 is 14.4 Å². The fraction of sp³-hybridized carbons (Fsp3) is 0.529. The summed E-state index contributed by atoms with van der Waals surface area (Å²) >= 11 is 1.42. The van der Waals surface area contributed by atoms with Crippen LogP contribution in [0.3, 0.4) is 0 Å². The van der Waals surface area contributed by atoms with Crippen LogP contribution in [-0.4, -0.2) is 62.5 Å². The smallest absolute Gasteiger partial charge is 0.254 e. The molecule has 140 valence electrons. The summed E-state index contributed by atoms with van der Waals surface area (Å²) in [4.78, 5) is 22.7. The van der Waals surface area contributed by atoms with Crippen LogP contribution in [0.15, 0.2) is 22.1 Å². The van der Waals surface area contributed by atoms with Gasteiger partial charge in [-0.05, 0) is 26.5 Å². The molecule has 0 spiro atoms. The number of nitrogens with one attached hydrogen (secondary N) is 1. The third-order valence-corrected chi connectivity index (χ3v) is 5.19. The first kappa shape index (κ1) is 18.8. The number of piperidine rings is 1. The van der Waals surface area contributed by atoms with Gasteiger partial charge in [0.1, 0.15) is 5.76 Å². The lowest BCUT2D eigenvalue weighted by Crippen LogP contribution is -2.53. The van der Waals surface area contributed by atoms with E-state index in [0.29, 0.717) is 30.2 Å². The highest BCUT2D eigenvalue weighted by Gasteiger charge is 2.30. The first-order valence-corrected chi connectivity index (χ1v) is 9.69. The van der Waals surface area contributed by atoms with Gasteiger partial charge in [0, 0.05) is 37.6 Å². The molecule has 1 fully saturated rings. The van der Waals surface area contributed by atoms with Crippen LogP contribution < -0.4 is 5.32 Å². The normalized spacial score (nSPS) is 20.9. The predicted molar refractivity (Wildman–Crippen MR) is 96.9 cm³/mol. The molecule has 9 heteroatoms. The van der Waals surface area contributed by atoms with E-state index in [-0.39, 0.29) is 11.9 Å². The lowest BCUT2D eigenvalue weighted by atomic mass is 10.0. The highest BCUT2D eigenvalue weighted by atomic mass is 32.2. The quantitative estimate of drug-likeness (QED) is 0.591. The van der Waals surface area contributed by atoms with Gasteiger partial charge in [-0.3, -0.25) is 9.69 Å². The van der Waals surface area contributed by atoms with Gasteiger partial charge < -0.3 is 14.9 Å². The second-order valence-corrected chi connectivity index (χ2v) is 7.21. The number of nitrogens with zero attached hydrogens (tertiary/aromatic N) is 4. The molecule has 0 aliphatic carbocycles. The lowest BCUT2D eigenvalue weighted by molar-refractivity contribution is 0.0347. The molecular weight excluding hydrogens is 354 g/mol. The second kappa shape index (κ2) is 8.15. The summed E-state index contributed by atoms with van der Waals surface area (Å²) in [6.07, 6.45) is 4.92. The zero-order chi connectivity index (χ0) is 18.7. The number of aryl methyl sites for hydroxylation is 2. The van der Waals surface area contributed by atoms with Crippen molar-refractivity contribution in [2.75, 3.05) is 19.3 Å². The van der Waals surface area contributed by atoms with Gasteiger partial charge in [-0.1, -0.05) is 16.9 Å². The van der Waals surface area contributed by atoms with Crippen molar-refractivity contribution in [3.8, 4) is 0 Å². The highest BCUT2D eigenvalue weighted by molar-refractivity contribution is 7.98. The molecule has 3 heterocycles. The first-order chi connectivity index (χ1) is 12.5. The molecule has 2 aromatic heterocycles. The average Bonchev–Trinajstić information content (AvgIpc) is 2.96. The van der Waals surface area contributed by atoms with E-state index < -0.39 is 6.10 Å². The molecule has 1 aliphatic rings. The summed E-state index contributed by atoms with van der Waals surface area (Å²) in [5.74, 6) is 0.544. The van der Waals surface area contributed by atoms with E-state index in [4.69, 9.17) is 4.52 Å². The molecule has 2 atom stereocenters. The number of carbonyl (C=O) groups is 1. The zero-order valence-corrected chi connectivity index (χ0v) is 15.9. The zero-order valence-electron chi connectivity index (χ0n) is 15.1. The molecule has 2 N–H and O–H groups in total. The fourth-order valence-corrected chi connectivity index (χ4v) is 3.37. The number of hydrogen-bond donors (Lipinski definition) is 2. The van der Waals surface area contributed by atoms with E-state index in [1.54, 1.807) is 0 Å². The largest absolute Gasteiger partial charge is 0.390 e. The Morgan fingerprint density at radius 3 is 2.73 bits per heavy atom. The van der Waals surface area contributed by atoms with Gasteiger partial charge >= 0.3 is 0 Å². The van der Waals surface area contributed by atoms with Gasteiger partial charge in [-0.2, -0.15) is 0 Å². The highest BCUT2D eigenvalue weighted by Crippen LogP contribution is 2.19. The topological polar surface area (TPSA) is 104 Å². The molecule has 0 bridgehead atoms. The van der Waals surface area contributed by atoms with Gasteiger partial charge in [-0.25, -0.2) is 9.97 Å². The minimum Gasteiger partial charge on any atom is -0.390 e. The molecule has 0 saturated carbocycles. The molecule has 0 unspecified atom stereocenters. The minimum absolute atomic E-state index is 0.263. The third kappa shape index (κ3) is 4.22. The third-order valence-electron chi connectivity index (χ3n) is 4.62. The fourth-order valence-electron chi connectivity index (χ4n) is 3.05. The van der Waals surface area contributed by atoms with Crippen LogP contribution >= 0.6 is 11.8 Å². The molecular formula is C17H23N5O3S. The summed E-state index contributed by atoms with van der Waals surface area (Å²) in [6, 6.07) is -0.288. The lowest BCUT2D eigenvalue weighted by Gasteiger charge is -2.36. The van der Waals surface area contributed by atoms with Crippen molar-refractivity contribution in [2.24, 2.45) is 0 Å². The van der Waals surface area contributed by atoms with E-state index in [0.717, 1.165) is 23.6 Å². The molecule has 8 nitrogen and oxygen atoms in total. The summed E-state index contributed by atoms with van der Waals surface area (Å²) in [6.45, 7) is 5.75. The molecule has 2 aromatic rings. The van der Waals surface area contributed by atoms with Crippen molar-refractivity contribution >= 4 is 17.7 Å². The van der Waals surface area contributed by atoms with E-state index in [1.165, 1.54) is 24.2 Å². The Morgan fingerprint density at radius 1 is 1.42 bits per heavy atom. The average molecular weight is 377 g/mol. The molecule has 1 saturated heterocycles. The van der Waals surface area contributed by atoms with Crippen molar-refractivity contribution in [1.29, 1.82) is 0 Å². The first-order valence-electron chi connectivity index (χ1n) is 8.47. The van der Waals surface area contributed by atoms with Crippen LogP contribution in [0, 0.1) is 13.8 Å². The summed E-state index contributed by atoms with van der Waals surface area (Å²) < 4.78 is 5.19. The Labute approximate surface area is 156 Å². The Morgan fingerprint density at radius 2 is 2.15 bits per heavy atom. The van der Waals surface area contributed by atoms with E-state index in [1.807, 2.05) is 20.1 Å². The Bertz CT molecular complexity index is 745. The van der Waals surface area contributed by atoms with E-state index in [9.17, 15) is 9.90 Å². The number of aliphatic hydroxyl groups excluding tert-OH is 1. The monoisotopic (exact) mass is 377 g/mol. The van der Waals surface area contributed by atoms with E-state index >= 15 is 0 Å². The molecule has 0 radical (unpaired) electrons. The Balaban J connectivity index is 1.56. The van der Waals surface area contributed by atoms with Crippen LogP contribution in [0.1, 0.15) is 33.8 Å². The van der Waals surface area contributed by atoms with Crippen LogP contribution in [0.25, 0.3) is 0 Å². The molecule has 26 heavy (non-hydrogen) atoms. The number of β-amino-alcohol motifs (C(OH)–C–C–N with tert-alkyl or cyclic N) is 1. The van der Waals surface area contributed by atoms with Gasteiger partial charge in [0.25, 0.3) is 5.91 Å². The van der Waals surface area contributed by atoms with Crippen LogP contribution in [0.5, 0.6) is 0 Å². The predicted octanol–water partition coefficient (Wildman–Crippen LogP) is 1.17. The maximum absolute atomic E-state index is 12.3. The number of aliphatic hydroxyl groups is 1.